The fraction of sp³-hybridized carbons (Fsp3) is 0.500. The predicted molar refractivity (Wildman–Crippen MR) is 75.5 cm³/mol. The molecule has 1 fully saturated rings. The number of carboxylic acid groups (broad SMARTS) is 1. The zero-order chi connectivity index (χ0) is 16.7. The van der Waals surface area contributed by atoms with E-state index in [1.165, 1.54) is 6.20 Å². The van der Waals surface area contributed by atoms with Crippen LogP contribution in [0.3, 0.4) is 0 Å². The first-order valence-electron chi connectivity index (χ1n) is 6.81. The van der Waals surface area contributed by atoms with Gasteiger partial charge in [-0.1, -0.05) is 0 Å². The van der Waals surface area contributed by atoms with Crippen LogP contribution in [0.1, 0.15) is 12.6 Å². The number of carboxylic acids is 1. The summed E-state index contributed by atoms with van der Waals surface area (Å²) in [7, 11) is 0. The highest BCUT2D eigenvalue weighted by molar-refractivity contribution is 5.75. The van der Waals surface area contributed by atoms with Crippen molar-refractivity contribution < 1.29 is 24.9 Å². The molecule has 0 bridgehead atoms. The van der Waals surface area contributed by atoms with Crippen molar-refractivity contribution in [2.45, 2.75) is 31.4 Å². The van der Waals surface area contributed by atoms with E-state index in [-0.39, 0.29) is 30.1 Å². The number of carbonyl (C=O) groups is 1. The highest BCUT2D eigenvalue weighted by atomic mass is 16.5. The summed E-state index contributed by atoms with van der Waals surface area (Å²) in [6, 6.07) is 0. The van der Waals surface area contributed by atoms with E-state index in [2.05, 4.69) is 9.97 Å². The average Bonchev–Trinajstić information content (AvgIpc) is 2.97. The van der Waals surface area contributed by atoms with E-state index in [1.54, 1.807) is 0 Å². The Labute approximate surface area is 128 Å². The minimum absolute atomic E-state index is 0.0615. The Bertz CT molecular complexity index is 814. The van der Waals surface area contributed by atoms with Crippen LogP contribution in [-0.4, -0.2) is 59.2 Å². The van der Waals surface area contributed by atoms with Gasteiger partial charge in [-0.3, -0.25) is 9.36 Å². The van der Waals surface area contributed by atoms with Crippen molar-refractivity contribution in [1.29, 1.82) is 0 Å². The van der Waals surface area contributed by atoms with Gasteiger partial charge in [0, 0.05) is 6.42 Å². The normalized spacial score (nSPS) is 24.3. The zero-order valence-corrected chi connectivity index (χ0v) is 11.9. The standard InChI is InChI=1S/C12H15N5O6/c13-11-14-2-6-9(15-11)17(12(22)16(6)3-8(20)21)10-7(19)1-5(4-18)23-10/h2,5,7,10,18-19H,1,3-4H2,(H,20,21)(H2,13,14,15)/t5-,7+,10+/m0/s1. The van der Waals surface area contributed by atoms with Crippen LogP contribution in [0.15, 0.2) is 11.0 Å². The maximum Gasteiger partial charge on any atom is 0.333 e. The quantitative estimate of drug-likeness (QED) is 0.492. The minimum Gasteiger partial charge on any atom is -0.480 e. The molecule has 3 heterocycles. The Morgan fingerprint density at radius 3 is 2.87 bits per heavy atom. The van der Waals surface area contributed by atoms with Gasteiger partial charge >= 0.3 is 11.7 Å². The Morgan fingerprint density at radius 1 is 1.52 bits per heavy atom. The summed E-state index contributed by atoms with van der Waals surface area (Å²) in [4.78, 5) is 31.3. The average molecular weight is 325 g/mol. The van der Waals surface area contributed by atoms with Crippen LogP contribution in [0.5, 0.6) is 0 Å². The van der Waals surface area contributed by atoms with Crippen molar-refractivity contribution in [1.82, 2.24) is 19.1 Å². The van der Waals surface area contributed by atoms with Gasteiger partial charge in [-0.2, -0.15) is 4.98 Å². The van der Waals surface area contributed by atoms with Crippen LogP contribution in [-0.2, 0) is 16.1 Å². The van der Waals surface area contributed by atoms with Crippen molar-refractivity contribution >= 4 is 23.1 Å². The fourth-order valence-corrected chi connectivity index (χ4v) is 2.67. The molecule has 1 aliphatic heterocycles. The van der Waals surface area contributed by atoms with E-state index in [0.29, 0.717) is 0 Å². The fourth-order valence-electron chi connectivity index (χ4n) is 2.67. The summed E-state index contributed by atoms with van der Waals surface area (Å²) in [6.07, 6.45) is -1.39. The van der Waals surface area contributed by atoms with Gasteiger partial charge < -0.3 is 25.8 Å². The lowest BCUT2D eigenvalue weighted by molar-refractivity contribution is -0.137. The van der Waals surface area contributed by atoms with Gasteiger partial charge in [0.05, 0.1) is 18.9 Å². The molecule has 0 aliphatic carbocycles. The van der Waals surface area contributed by atoms with Crippen LogP contribution in [0.2, 0.25) is 0 Å². The lowest BCUT2D eigenvalue weighted by atomic mass is 10.2. The van der Waals surface area contributed by atoms with Gasteiger partial charge in [-0.25, -0.2) is 14.3 Å². The molecule has 23 heavy (non-hydrogen) atoms. The lowest BCUT2D eigenvalue weighted by Gasteiger charge is -2.15. The van der Waals surface area contributed by atoms with Crippen LogP contribution in [0, 0.1) is 0 Å². The monoisotopic (exact) mass is 325 g/mol. The van der Waals surface area contributed by atoms with Crippen LogP contribution in [0.25, 0.3) is 11.2 Å². The summed E-state index contributed by atoms with van der Waals surface area (Å²) in [6.45, 7) is -0.908. The van der Waals surface area contributed by atoms with E-state index >= 15 is 0 Å². The van der Waals surface area contributed by atoms with E-state index in [0.717, 1.165) is 9.13 Å². The molecule has 11 heteroatoms. The van der Waals surface area contributed by atoms with Crippen molar-refractivity contribution in [2.75, 3.05) is 12.3 Å². The number of aliphatic carboxylic acids is 1. The molecular weight excluding hydrogens is 310 g/mol. The van der Waals surface area contributed by atoms with Crippen molar-refractivity contribution in [3.63, 3.8) is 0 Å². The van der Waals surface area contributed by atoms with E-state index < -0.39 is 36.6 Å². The number of anilines is 1. The number of nitrogens with two attached hydrogens (primary N) is 1. The van der Waals surface area contributed by atoms with Crippen molar-refractivity contribution in [3.05, 3.63) is 16.7 Å². The van der Waals surface area contributed by atoms with Gasteiger partial charge in [0.25, 0.3) is 0 Å². The number of aromatic nitrogens is 4. The maximum atomic E-state index is 12.6. The van der Waals surface area contributed by atoms with Crippen LogP contribution >= 0.6 is 0 Å². The Morgan fingerprint density at radius 2 is 2.26 bits per heavy atom. The molecule has 3 atom stereocenters. The Kier molecular flexibility index (Phi) is 3.75. The number of ether oxygens (including phenoxy) is 1. The third-order valence-corrected chi connectivity index (χ3v) is 3.64. The molecule has 3 rings (SSSR count). The molecule has 1 saturated heterocycles. The number of nitrogens with zero attached hydrogens (tertiary/aromatic N) is 4. The first-order valence-corrected chi connectivity index (χ1v) is 6.81. The lowest BCUT2D eigenvalue weighted by Crippen LogP contribution is -2.33. The SMILES string of the molecule is Nc1ncc2c(n1)n([C@@H]1O[C@H](CO)C[C@H]1O)c(=O)n2CC(=O)O. The van der Waals surface area contributed by atoms with Gasteiger partial charge in [-0.15, -0.1) is 0 Å². The molecular formula is C12H15N5O6. The summed E-state index contributed by atoms with van der Waals surface area (Å²) >= 11 is 0. The number of imidazole rings is 1. The molecule has 0 aromatic carbocycles. The first kappa shape index (κ1) is 15.4. The third-order valence-electron chi connectivity index (χ3n) is 3.64. The van der Waals surface area contributed by atoms with Crippen molar-refractivity contribution in [3.8, 4) is 0 Å². The summed E-state index contributed by atoms with van der Waals surface area (Å²) in [5.41, 5.74) is 5.04. The topological polar surface area (TPSA) is 166 Å². The Hall–Kier alpha value is -2.50. The highest BCUT2D eigenvalue weighted by Crippen LogP contribution is 2.30. The molecule has 1 aliphatic rings. The largest absolute Gasteiger partial charge is 0.480 e. The molecule has 11 nitrogen and oxygen atoms in total. The number of hydrogen-bond donors (Lipinski definition) is 4. The summed E-state index contributed by atoms with van der Waals surface area (Å²) in [5, 5.41) is 28.2. The number of hydrogen-bond acceptors (Lipinski definition) is 8. The molecule has 0 spiro atoms. The first-order chi connectivity index (χ1) is 10.9. The highest BCUT2D eigenvalue weighted by Gasteiger charge is 2.37. The predicted octanol–water partition coefficient (Wildman–Crippen LogP) is -2.10. The van der Waals surface area contributed by atoms with E-state index in [1.807, 2.05) is 0 Å². The summed E-state index contributed by atoms with van der Waals surface area (Å²) < 4.78 is 7.45. The Balaban J connectivity index is 2.20. The molecule has 0 amide bonds. The number of aliphatic hydroxyl groups excluding tert-OH is 2. The molecule has 2 aromatic rings. The smallest absolute Gasteiger partial charge is 0.333 e. The van der Waals surface area contributed by atoms with Crippen LogP contribution < -0.4 is 11.4 Å². The second-order valence-electron chi connectivity index (χ2n) is 5.20. The molecule has 124 valence electrons. The van der Waals surface area contributed by atoms with Gasteiger partial charge in [0.15, 0.2) is 11.9 Å². The molecule has 0 unspecified atom stereocenters. The molecule has 5 N–H and O–H groups in total. The van der Waals surface area contributed by atoms with E-state index in [9.17, 15) is 14.7 Å². The number of nitrogen functional groups attached to an aromatic ring is 1. The van der Waals surface area contributed by atoms with Gasteiger partial charge in [0.1, 0.15) is 18.2 Å². The minimum atomic E-state index is -1.22. The molecule has 0 radical (unpaired) electrons. The molecule has 2 aromatic heterocycles. The van der Waals surface area contributed by atoms with E-state index in [4.69, 9.17) is 20.7 Å². The third kappa shape index (κ3) is 2.54. The second-order valence-corrected chi connectivity index (χ2v) is 5.20. The number of aliphatic hydroxyl groups is 2. The number of rotatable bonds is 4. The van der Waals surface area contributed by atoms with Crippen molar-refractivity contribution in [2.24, 2.45) is 0 Å². The van der Waals surface area contributed by atoms with Gasteiger partial charge in [-0.05, 0) is 0 Å². The zero-order valence-electron chi connectivity index (χ0n) is 11.9. The van der Waals surface area contributed by atoms with Crippen LogP contribution in [0.4, 0.5) is 5.95 Å². The second kappa shape index (κ2) is 5.61. The summed E-state index contributed by atoms with van der Waals surface area (Å²) in [5.74, 6) is -1.32. The maximum absolute atomic E-state index is 12.6. The van der Waals surface area contributed by atoms with Gasteiger partial charge in [0.2, 0.25) is 5.95 Å². The number of fused-ring (bicyclic) bond motifs is 1. The molecule has 0 saturated carbocycles.